The van der Waals surface area contributed by atoms with Gasteiger partial charge in [0.1, 0.15) is 0 Å². The van der Waals surface area contributed by atoms with Crippen LogP contribution >= 0.6 is 0 Å². The minimum absolute atomic E-state index is 0.463. The highest BCUT2D eigenvalue weighted by Gasteiger charge is 2.43. The predicted molar refractivity (Wildman–Crippen MR) is 45.5 cm³/mol. The first-order valence-corrected chi connectivity index (χ1v) is 4.82. The van der Waals surface area contributed by atoms with Crippen LogP contribution < -0.4 is 0 Å². The lowest BCUT2D eigenvalue weighted by molar-refractivity contribution is 0.0662. The second-order valence-corrected chi connectivity index (χ2v) is 4.73. The number of rotatable bonds is 0. The number of fused-ring (bicyclic) bond motifs is 1. The summed E-state index contributed by atoms with van der Waals surface area (Å²) in [6.45, 7) is 5.69. The van der Waals surface area contributed by atoms with Gasteiger partial charge in [0.05, 0.1) is 12.7 Å². The van der Waals surface area contributed by atoms with E-state index in [1.54, 1.807) is 0 Å². The Hall–Kier alpha value is -0.0400. The first-order chi connectivity index (χ1) is 5.20. The monoisotopic (exact) mass is 154 g/mol. The van der Waals surface area contributed by atoms with Gasteiger partial charge >= 0.3 is 0 Å². The molecule has 0 bridgehead atoms. The van der Waals surface area contributed by atoms with Crippen LogP contribution in [-0.2, 0) is 4.74 Å². The third-order valence-electron chi connectivity index (χ3n) is 3.38. The summed E-state index contributed by atoms with van der Waals surface area (Å²) in [6, 6.07) is 0. The molecule has 2 atom stereocenters. The van der Waals surface area contributed by atoms with E-state index in [9.17, 15) is 0 Å². The van der Waals surface area contributed by atoms with Gasteiger partial charge in [0.25, 0.3) is 0 Å². The average Bonchev–Trinajstić information content (AvgIpc) is 2.29. The van der Waals surface area contributed by atoms with E-state index in [0.29, 0.717) is 11.5 Å². The molecule has 1 nitrogen and oxygen atoms in total. The molecule has 1 saturated carbocycles. The Bertz CT molecular complexity index is 151. The van der Waals surface area contributed by atoms with Crippen LogP contribution in [-0.4, -0.2) is 12.7 Å². The summed E-state index contributed by atoms with van der Waals surface area (Å²) < 4.78 is 5.77. The summed E-state index contributed by atoms with van der Waals surface area (Å²) in [6.07, 6.45) is 6.13. The van der Waals surface area contributed by atoms with E-state index < -0.39 is 0 Å². The van der Waals surface area contributed by atoms with E-state index >= 15 is 0 Å². The molecule has 1 heterocycles. The fourth-order valence-corrected chi connectivity index (χ4v) is 2.62. The van der Waals surface area contributed by atoms with Gasteiger partial charge in [-0.3, -0.25) is 0 Å². The number of ether oxygens (including phenoxy) is 1. The van der Waals surface area contributed by atoms with Crippen molar-refractivity contribution < 1.29 is 4.74 Å². The van der Waals surface area contributed by atoms with Crippen LogP contribution in [0.25, 0.3) is 0 Å². The van der Waals surface area contributed by atoms with E-state index in [4.69, 9.17) is 4.74 Å². The molecule has 1 aliphatic heterocycles. The van der Waals surface area contributed by atoms with Crippen molar-refractivity contribution in [2.24, 2.45) is 11.3 Å². The molecule has 0 aromatic heterocycles. The van der Waals surface area contributed by atoms with E-state index in [1.807, 2.05) is 0 Å². The lowest BCUT2D eigenvalue weighted by atomic mass is 9.72. The third-order valence-corrected chi connectivity index (χ3v) is 3.38. The molecule has 1 aliphatic carbocycles. The van der Waals surface area contributed by atoms with Crippen LogP contribution in [0.5, 0.6) is 0 Å². The molecule has 2 fully saturated rings. The summed E-state index contributed by atoms with van der Waals surface area (Å²) >= 11 is 0. The highest BCUT2D eigenvalue weighted by molar-refractivity contribution is 4.92. The zero-order valence-corrected chi connectivity index (χ0v) is 7.60. The summed E-state index contributed by atoms with van der Waals surface area (Å²) in [4.78, 5) is 0. The van der Waals surface area contributed by atoms with Gasteiger partial charge in [-0.25, -0.2) is 0 Å². The molecule has 64 valence electrons. The second kappa shape index (κ2) is 2.48. The van der Waals surface area contributed by atoms with Gasteiger partial charge in [0.15, 0.2) is 0 Å². The van der Waals surface area contributed by atoms with Gasteiger partial charge in [-0.2, -0.15) is 0 Å². The van der Waals surface area contributed by atoms with Gasteiger partial charge < -0.3 is 4.74 Å². The summed E-state index contributed by atoms with van der Waals surface area (Å²) in [7, 11) is 0. The Morgan fingerprint density at radius 1 is 1.18 bits per heavy atom. The van der Waals surface area contributed by atoms with Crippen molar-refractivity contribution in [2.45, 2.75) is 45.6 Å². The minimum Gasteiger partial charge on any atom is -0.377 e. The Morgan fingerprint density at radius 3 is 2.64 bits per heavy atom. The molecule has 11 heavy (non-hydrogen) atoms. The first kappa shape index (κ1) is 7.60. The largest absolute Gasteiger partial charge is 0.377 e. The lowest BCUT2D eigenvalue weighted by Gasteiger charge is -2.31. The molecular formula is C10H18O. The molecule has 0 aromatic carbocycles. The number of hydrogen-bond donors (Lipinski definition) is 0. The molecule has 2 unspecified atom stereocenters. The first-order valence-electron chi connectivity index (χ1n) is 4.82. The molecule has 2 rings (SSSR count). The summed E-state index contributed by atoms with van der Waals surface area (Å²) in [5, 5.41) is 0. The average molecular weight is 154 g/mol. The van der Waals surface area contributed by atoms with Gasteiger partial charge in [0, 0.05) is 0 Å². The molecule has 0 amide bonds. The smallest absolute Gasteiger partial charge is 0.0609 e. The third kappa shape index (κ3) is 1.20. The Labute approximate surface area is 69.1 Å². The Balaban J connectivity index is 2.10. The topological polar surface area (TPSA) is 9.23 Å². The normalized spacial score (nSPS) is 42.0. The van der Waals surface area contributed by atoms with Crippen LogP contribution in [0.2, 0.25) is 0 Å². The molecule has 1 heteroatoms. The molecule has 1 saturated heterocycles. The van der Waals surface area contributed by atoms with Crippen molar-refractivity contribution in [1.82, 2.24) is 0 Å². The van der Waals surface area contributed by atoms with Crippen molar-refractivity contribution in [2.75, 3.05) is 6.61 Å². The second-order valence-electron chi connectivity index (χ2n) is 4.73. The Kier molecular flexibility index (Phi) is 1.71. The van der Waals surface area contributed by atoms with Crippen LogP contribution in [0.1, 0.15) is 39.5 Å². The van der Waals surface area contributed by atoms with Crippen molar-refractivity contribution in [3.63, 3.8) is 0 Å². The summed E-state index contributed by atoms with van der Waals surface area (Å²) in [5.74, 6) is 0.858. The van der Waals surface area contributed by atoms with Crippen molar-refractivity contribution in [3.8, 4) is 0 Å². The van der Waals surface area contributed by atoms with Crippen molar-refractivity contribution in [3.05, 3.63) is 0 Å². The lowest BCUT2D eigenvalue weighted by Crippen LogP contribution is -2.29. The molecular weight excluding hydrogens is 136 g/mol. The SMILES string of the molecule is CC1(C)COC2CCCCC21. The van der Waals surface area contributed by atoms with E-state index in [1.165, 1.54) is 25.7 Å². The minimum atomic E-state index is 0.463. The fourth-order valence-electron chi connectivity index (χ4n) is 2.62. The standard InChI is InChI=1S/C10H18O/c1-10(2)7-11-9-6-4-3-5-8(9)10/h8-9H,3-7H2,1-2H3. The summed E-state index contributed by atoms with van der Waals surface area (Å²) in [5.41, 5.74) is 0.463. The quantitative estimate of drug-likeness (QED) is 0.521. The van der Waals surface area contributed by atoms with Crippen LogP contribution in [0, 0.1) is 11.3 Å². The zero-order valence-electron chi connectivity index (χ0n) is 7.60. The van der Waals surface area contributed by atoms with Gasteiger partial charge in [-0.15, -0.1) is 0 Å². The maximum atomic E-state index is 5.77. The molecule has 0 radical (unpaired) electrons. The van der Waals surface area contributed by atoms with E-state index in [-0.39, 0.29) is 0 Å². The van der Waals surface area contributed by atoms with Crippen molar-refractivity contribution in [1.29, 1.82) is 0 Å². The van der Waals surface area contributed by atoms with Crippen molar-refractivity contribution >= 4 is 0 Å². The maximum absolute atomic E-state index is 5.77. The van der Waals surface area contributed by atoms with Gasteiger partial charge in [0.2, 0.25) is 0 Å². The molecule has 2 aliphatic rings. The predicted octanol–water partition coefficient (Wildman–Crippen LogP) is 2.60. The molecule has 0 aromatic rings. The highest BCUT2D eigenvalue weighted by atomic mass is 16.5. The van der Waals surface area contributed by atoms with Crippen LogP contribution in [0.15, 0.2) is 0 Å². The van der Waals surface area contributed by atoms with Crippen LogP contribution in [0.3, 0.4) is 0 Å². The van der Waals surface area contributed by atoms with Gasteiger partial charge in [-0.1, -0.05) is 26.7 Å². The Morgan fingerprint density at radius 2 is 1.91 bits per heavy atom. The maximum Gasteiger partial charge on any atom is 0.0609 e. The van der Waals surface area contributed by atoms with E-state index in [0.717, 1.165) is 12.5 Å². The van der Waals surface area contributed by atoms with Crippen LogP contribution in [0.4, 0.5) is 0 Å². The van der Waals surface area contributed by atoms with E-state index in [2.05, 4.69) is 13.8 Å². The number of hydrogen-bond acceptors (Lipinski definition) is 1. The fraction of sp³-hybridized carbons (Fsp3) is 1.00. The molecule has 0 spiro atoms. The zero-order chi connectivity index (χ0) is 7.90. The highest BCUT2D eigenvalue weighted by Crippen LogP contribution is 2.45. The molecule has 0 N–H and O–H groups in total. The van der Waals surface area contributed by atoms with Gasteiger partial charge in [-0.05, 0) is 24.2 Å².